The smallest absolute Gasteiger partial charge is 0.236 e. The third-order valence-electron chi connectivity index (χ3n) is 5.40. The maximum atomic E-state index is 13.3. The fraction of sp³-hybridized carbons (Fsp3) is 0.435. The average molecular weight is 441 g/mol. The lowest BCUT2D eigenvalue weighted by Crippen LogP contribution is -2.46. The monoisotopic (exact) mass is 440 g/mol. The first-order valence-electron chi connectivity index (χ1n) is 10.6. The summed E-state index contributed by atoms with van der Waals surface area (Å²) in [5.74, 6) is 1.87. The van der Waals surface area contributed by atoms with Crippen molar-refractivity contribution >= 4 is 17.7 Å². The van der Waals surface area contributed by atoms with Crippen molar-refractivity contribution in [1.29, 1.82) is 0 Å². The number of amides is 1. The van der Waals surface area contributed by atoms with Crippen LogP contribution in [0, 0.1) is 12.8 Å². The van der Waals surface area contributed by atoms with Gasteiger partial charge in [-0.25, -0.2) is 0 Å². The minimum absolute atomic E-state index is 0.133. The summed E-state index contributed by atoms with van der Waals surface area (Å²) in [5.41, 5.74) is 2.14. The van der Waals surface area contributed by atoms with Crippen LogP contribution in [0.3, 0.4) is 0 Å². The van der Waals surface area contributed by atoms with Crippen LogP contribution in [-0.2, 0) is 16.1 Å². The highest BCUT2D eigenvalue weighted by Crippen LogP contribution is 2.33. The second kappa shape index (κ2) is 9.70. The Morgan fingerprint density at radius 1 is 1.13 bits per heavy atom. The summed E-state index contributed by atoms with van der Waals surface area (Å²) in [6.07, 6.45) is 1.67. The van der Waals surface area contributed by atoms with Gasteiger partial charge in [0.1, 0.15) is 5.76 Å². The first-order chi connectivity index (χ1) is 15.0. The second-order valence-electron chi connectivity index (χ2n) is 8.01. The lowest BCUT2D eigenvalue weighted by molar-refractivity contribution is -0.135. The number of morpholine rings is 1. The molecule has 1 aliphatic rings. The zero-order valence-electron chi connectivity index (χ0n) is 18.2. The van der Waals surface area contributed by atoms with Gasteiger partial charge in [-0.2, -0.15) is 0 Å². The molecule has 1 atom stereocenters. The Labute approximate surface area is 186 Å². The molecule has 3 heterocycles. The number of aromatic nitrogens is 3. The van der Waals surface area contributed by atoms with E-state index in [0.717, 1.165) is 27.9 Å². The average Bonchev–Trinajstić information content (AvgIpc) is 3.43. The van der Waals surface area contributed by atoms with Crippen molar-refractivity contribution in [2.45, 2.75) is 37.7 Å². The van der Waals surface area contributed by atoms with Crippen molar-refractivity contribution in [2.24, 2.45) is 5.92 Å². The lowest BCUT2D eigenvalue weighted by Gasteiger charge is -2.31. The summed E-state index contributed by atoms with van der Waals surface area (Å²) in [6, 6.07) is 11.9. The number of nitrogens with zero attached hydrogens (tertiary/aromatic N) is 4. The molecule has 0 spiro atoms. The maximum absolute atomic E-state index is 13.3. The molecule has 1 aromatic carbocycles. The summed E-state index contributed by atoms with van der Waals surface area (Å²) in [4.78, 5) is 15.2. The molecule has 2 aromatic heterocycles. The van der Waals surface area contributed by atoms with E-state index in [-0.39, 0.29) is 17.1 Å². The van der Waals surface area contributed by atoms with Gasteiger partial charge in [0.15, 0.2) is 11.0 Å². The Bertz CT molecular complexity index is 1010. The summed E-state index contributed by atoms with van der Waals surface area (Å²) < 4.78 is 13.1. The van der Waals surface area contributed by atoms with Crippen molar-refractivity contribution in [1.82, 2.24) is 19.7 Å². The summed E-state index contributed by atoms with van der Waals surface area (Å²) in [7, 11) is 0. The van der Waals surface area contributed by atoms with E-state index in [1.54, 1.807) is 6.26 Å². The Morgan fingerprint density at radius 2 is 1.90 bits per heavy atom. The molecule has 8 heteroatoms. The van der Waals surface area contributed by atoms with E-state index in [1.165, 1.54) is 11.8 Å². The molecule has 1 aliphatic heterocycles. The van der Waals surface area contributed by atoms with Gasteiger partial charge in [0.2, 0.25) is 5.91 Å². The third kappa shape index (κ3) is 4.85. The minimum Gasteiger partial charge on any atom is -0.467 e. The topological polar surface area (TPSA) is 73.4 Å². The highest BCUT2D eigenvalue weighted by molar-refractivity contribution is 8.00. The van der Waals surface area contributed by atoms with Crippen molar-refractivity contribution in [3.05, 3.63) is 54.0 Å². The number of carbonyl (C=O) groups excluding carboxylic acids is 1. The van der Waals surface area contributed by atoms with Crippen molar-refractivity contribution in [2.75, 3.05) is 26.3 Å². The quantitative estimate of drug-likeness (QED) is 0.519. The Kier molecular flexibility index (Phi) is 6.77. The zero-order valence-corrected chi connectivity index (χ0v) is 19.0. The summed E-state index contributed by atoms with van der Waals surface area (Å²) in [6.45, 7) is 9.17. The van der Waals surface area contributed by atoms with Crippen LogP contribution in [0.25, 0.3) is 11.4 Å². The number of furan rings is 1. The number of aryl methyl sites for hydroxylation is 1. The first kappa shape index (κ1) is 21.6. The van der Waals surface area contributed by atoms with E-state index in [1.807, 2.05) is 39.8 Å². The molecular formula is C23H28N4O3S. The molecule has 1 unspecified atom stereocenters. The van der Waals surface area contributed by atoms with Crippen LogP contribution >= 0.6 is 11.8 Å². The zero-order chi connectivity index (χ0) is 21.8. The molecule has 1 fully saturated rings. The van der Waals surface area contributed by atoms with Crippen LogP contribution in [0.15, 0.2) is 52.2 Å². The number of benzene rings is 1. The highest BCUT2D eigenvalue weighted by Gasteiger charge is 2.31. The molecule has 1 amide bonds. The molecule has 4 rings (SSSR count). The molecule has 7 nitrogen and oxygen atoms in total. The number of ether oxygens (including phenoxy) is 1. The van der Waals surface area contributed by atoms with Crippen molar-refractivity contribution in [3.8, 4) is 11.4 Å². The lowest BCUT2D eigenvalue weighted by atomic mass is 10.1. The molecule has 3 aromatic rings. The summed E-state index contributed by atoms with van der Waals surface area (Å²) in [5, 5.41) is 9.49. The molecule has 0 aliphatic carbocycles. The summed E-state index contributed by atoms with van der Waals surface area (Å²) >= 11 is 1.48. The van der Waals surface area contributed by atoms with E-state index in [0.29, 0.717) is 32.8 Å². The van der Waals surface area contributed by atoms with Gasteiger partial charge in [-0.1, -0.05) is 49.9 Å². The number of rotatable bonds is 7. The van der Waals surface area contributed by atoms with Gasteiger partial charge in [0.25, 0.3) is 0 Å². The van der Waals surface area contributed by atoms with E-state index in [2.05, 4.69) is 37.0 Å². The number of hydrogen-bond acceptors (Lipinski definition) is 6. The largest absolute Gasteiger partial charge is 0.467 e. The minimum atomic E-state index is -0.248. The predicted molar refractivity (Wildman–Crippen MR) is 120 cm³/mol. The van der Waals surface area contributed by atoms with Crippen molar-refractivity contribution < 1.29 is 13.9 Å². The van der Waals surface area contributed by atoms with Crippen LogP contribution in [0.4, 0.5) is 0 Å². The molecule has 0 N–H and O–H groups in total. The normalized spacial score (nSPS) is 15.4. The first-order valence-corrected chi connectivity index (χ1v) is 11.5. The second-order valence-corrected chi connectivity index (χ2v) is 9.12. The number of hydrogen-bond donors (Lipinski definition) is 0. The fourth-order valence-electron chi connectivity index (χ4n) is 3.65. The van der Waals surface area contributed by atoms with E-state index < -0.39 is 0 Å². The van der Waals surface area contributed by atoms with Gasteiger partial charge in [-0.3, -0.25) is 9.36 Å². The molecule has 164 valence electrons. The van der Waals surface area contributed by atoms with Crippen LogP contribution in [0.1, 0.15) is 25.2 Å². The standard InChI is InChI=1S/C23H28N4O3S/c1-16(2)20(22(28)26-10-13-29-14-11-26)31-23-25-24-21(19-9-5-4-7-17(19)3)27(23)15-18-8-6-12-30-18/h4-9,12,16,20H,10-11,13-15H2,1-3H3. The third-order valence-corrected chi connectivity index (χ3v) is 6.91. The molecular weight excluding hydrogens is 412 g/mol. The van der Waals surface area contributed by atoms with Gasteiger partial charge in [-0.05, 0) is 30.5 Å². The molecule has 0 radical (unpaired) electrons. The maximum Gasteiger partial charge on any atom is 0.236 e. The van der Waals surface area contributed by atoms with Gasteiger partial charge in [0, 0.05) is 18.7 Å². The molecule has 0 saturated carbocycles. The van der Waals surface area contributed by atoms with Crippen LogP contribution < -0.4 is 0 Å². The van der Waals surface area contributed by atoms with E-state index in [9.17, 15) is 4.79 Å². The van der Waals surface area contributed by atoms with Crippen LogP contribution in [-0.4, -0.2) is 57.1 Å². The highest BCUT2D eigenvalue weighted by atomic mass is 32.2. The van der Waals surface area contributed by atoms with Gasteiger partial charge in [0.05, 0.1) is 31.3 Å². The number of carbonyl (C=O) groups is 1. The molecule has 0 bridgehead atoms. The van der Waals surface area contributed by atoms with Gasteiger partial charge >= 0.3 is 0 Å². The van der Waals surface area contributed by atoms with E-state index >= 15 is 0 Å². The SMILES string of the molecule is Cc1ccccc1-c1nnc(SC(C(=O)N2CCOCC2)C(C)C)n1Cc1ccco1. The molecule has 31 heavy (non-hydrogen) atoms. The van der Waals surface area contributed by atoms with Gasteiger partial charge < -0.3 is 14.1 Å². The number of thioether (sulfide) groups is 1. The van der Waals surface area contributed by atoms with E-state index in [4.69, 9.17) is 9.15 Å². The Balaban J connectivity index is 1.67. The van der Waals surface area contributed by atoms with Crippen molar-refractivity contribution in [3.63, 3.8) is 0 Å². The van der Waals surface area contributed by atoms with Crippen LogP contribution in [0.2, 0.25) is 0 Å². The van der Waals surface area contributed by atoms with Crippen LogP contribution in [0.5, 0.6) is 0 Å². The fourth-order valence-corrected chi connectivity index (χ4v) is 4.76. The predicted octanol–water partition coefficient (Wildman–Crippen LogP) is 3.87. The Hall–Kier alpha value is -2.58. The van der Waals surface area contributed by atoms with Gasteiger partial charge in [-0.15, -0.1) is 10.2 Å². The Morgan fingerprint density at radius 3 is 2.58 bits per heavy atom. The molecule has 1 saturated heterocycles.